The molecule has 3 rings (SSSR count). The van der Waals surface area contributed by atoms with Crippen molar-refractivity contribution in [2.75, 3.05) is 27.3 Å². The average molecular weight is 461 g/mol. The predicted octanol–water partition coefficient (Wildman–Crippen LogP) is 4.07. The van der Waals surface area contributed by atoms with Gasteiger partial charge in [-0.15, -0.1) is 0 Å². The SMILES string of the molecule is COc1ccc([C@@H](C)NC(=O)c2ccc(C)c(S(=O)(=O)N3CCCCCC3)c2)cc1OC. The molecule has 0 spiro atoms. The molecule has 0 aromatic heterocycles. The highest BCUT2D eigenvalue weighted by atomic mass is 32.2. The van der Waals surface area contributed by atoms with Crippen LogP contribution < -0.4 is 14.8 Å². The van der Waals surface area contributed by atoms with Gasteiger partial charge in [-0.3, -0.25) is 4.79 Å². The smallest absolute Gasteiger partial charge is 0.251 e. The molecular formula is C24H32N2O5S. The fourth-order valence-electron chi connectivity index (χ4n) is 3.93. The van der Waals surface area contributed by atoms with Crippen LogP contribution >= 0.6 is 0 Å². The van der Waals surface area contributed by atoms with Gasteiger partial charge in [-0.25, -0.2) is 8.42 Å². The van der Waals surface area contributed by atoms with Crippen molar-refractivity contribution >= 4 is 15.9 Å². The van der Waals surface area contributed by atoms with E-state index in [2.05, 4.69) is 5.32 Å². The highest BCUT2D eigenvalue weighted by Crippen LogP contribution is 2.30. The lowest BCUT2D eigenvalue weighted by atomic mass is 10.1. The lowest BCUT2D eigenvalue weighted by Crippen LogP contribution is -2.33. The van der Waals surface area contributed by atoms with Crippen molar-refractivity contribution in [1.82, 2.24) is 9.62 Å². The van der Waals surface area contributed by atoms with Crippen LogP contribution in [0.2, 0.25) is 0 Å². The first-order valence-corrected chi connectivity index (χ1v) is 12.4. The Morgan fingerprint density at radius 1 is 0.969 bits per heavy atom. The number of aryl methyl sites for hydroxylation is 1. The van der Waals surface area contributed by atoms with Crippen molar-refractivity contribution in [3.05, 3.63) is 53.1 Å². The highest BCUT2D eigenvalue weighted by Gasteiger charge is 2.27. The number of hydrogen-bond donors (Lipinski definition) is 1. The van der Waals surface area contributed by atoms with Gasteiger partial charge in [0.25, 0.3) is 5.91 Å². The van der Waals surface area contributed by atoms with Gasteiger partial charge in [0.2, 0.25) is 10.0 Å². The van der Waals surface area contributed by atoms with E-state index in [9.17, 15) is 13.2 Å². The molecule has 1 heterocycles. The number of methoxy groups -OCH3 is 2. The molecule has 2 aromatic rings. The second-order valence-corrected chi connectivity index (χ2v) is 10.0. The summed E-state index contributed by atoms with van der Waals surface area (Å²) in [6, 6.07) is 9.99. The first-order chi connectivity index (χ1) is 15.3. The van der Waals surface area contributed by atoms with Crippen LogP contribution in [0.1, 0.15) is 60.1 Å². The third kappa shape index (κ3) is 5.24. The van der Waals surface area contributed by atoms with Crippen molar-refractivity contribution in [1.29, 1.82) is 0 Å². The number of nitrogens with zero attached hydrogens (tertiary/aromatic N) is 1. The second kappa shape index (κ2) is 10.4. The van der Waals surface area contributed by atoms with E-state index in [4.69, 9.17) is 9.47 Å². The van der Waals surface area contributed by atoms with E-state index >= 15 is 0 Å². The number of amides is 1. The Kier molecular flexibility index (Phi) is 7.79. The maximum atomic E-state index is 13.3. The molecule has 174 valence electrons. The minimum atomic E-state index is -3.65. The summed E-state index contributed by atoms with van der Waals surface area (Å²) in [4.78, 5) is 13.2. The number of benzene rings is 2. The Morgan fingerprint density at radius 2 is 1.62 bits per heavy atom. The summed E-state index contributed by atoms with van der Waals surface area (Å²) in [5.74, 6) is 0.850. The summed E-state index contributed by atoms with van der Waals surface area (Å²) < 4.78 is 38.7. The number of hydrogen-bond acceptors (Lipinski definition) is 5. The van der Waals surface area contributed by atoms with Crippen molar-refractivity contribution in [2.24, 2.45) is 0 Å². The Labute approximate surface area is 190 Å². The number of carbonyl (C=O) groups is 1. The zero-order chi connectivity index (χ0) is 23.3. The number of carbonyl (C=O) groups excluding carboxylic acids is 1. The van der Waals surface area contributed by atoms with Gasteiger partial charge in [0.05, 0.1) is 25.2 Å². The van der Waals surface area contributed by atoms with Crippen LogP contribution in [0, 0.1) is 6.92 Å². The van der Waals surface area contributed by atoms with Crippen LogP contribution in [-0.4, -0.2) is 45.9 Å². The van der Waals surface area contributed by atoms with Crippen molar-refractivity contribution < 1.29 is 22.7 Å². The Bertz CT molecular complexity index is 1060. The molecule has 1 N–H and O–H groups in total. The van der Waals surface area contributed by atoms with Gasteiger partial charge in [0.15, 0.2) is 11.5 Å². The van der Waals surface area contributed by atoms with E-state index in [0.29, 0.717) is 35.7 Å². The number of rotatable bonds is 7. The average Bonchev–Trinajstić information content (AvgIpc) is 3.09. The number of sulfonamides is 1. The Balaban J connectivity index is 1.82. The monoisotopic (exact) mass is 460 g/mol. The molecule has 32 heavy (non-hydrogen) atoms. The van der Waals surface area contributed by atoms with E-state index in [0.717, 1.165) is 31.2 Å². The van der Waals surface area contributed by atoms with Crippen LogP contribution in [0.3, 0.4) is 0 Å². The largest absolute Gasteiger partial charge is 0.493 e. The summed E-state index contributed by atoms with van der Waals surface area (Å²) in [6.45, 7) is 4.67. The number of ether oxygens (including phenoxy) is 2. The first kappa shape index (κ1) is 24.1. The van der Waals surface area contributed by atoms with Crippen molar-refractivity contribution in [3.8, 4) is 11.5 Å². The second-order valence-electron chi connectivity index (χ2n) is 8.11. The molecule has 1 aliphatic rings. The van der Waals surface area contributed by atoms with E-state index in [1.807, 2.05) is 19.1 Å². The Hall–Kier alpha value is -2.58. The van der Waals surface area contributed by atoms with Gasteiger partial charge in [-0.1, -0.05) is 25.0 Å². The van der Waals surface area contributed by atoms with Crippen LogP contribution in [0.4, 0.5) is 0 Å². The normalized spacial score (nSPS) is 16.1. The molecule has 0 unspecified atom stereocenters. The van der Waals surface area contributed by atoms with Crippen LogP contribution in [-0.2, 0) is 10.0 Å². The minimum absolute atomic E-state index is 0.200. The molecule has 0 saturated carbocycles. The third-order valence-corrected chi connectivity index (χ3v) is 7.93. The van der Waals surface area contributed by atoms with E-state index < -0.39 is 10.0 Å². The summed E-state index contributed by atoms with van der Waals surface area (Å²) in [6.07, 6.45) is 3.81. The quantitative estimate of drug-likeness (QED) is 0.673. The van der Waals surface area contributed by atoms with E-state index in [1.165, 1.54) is 6.07 Å². The van der Waals surface area contributed by atoms with Crippen LogP contribution in [0.25, 0.3) is 0 Å². The van der Waals surface area contributed by atoms with Crippen molar-refractivity contribution in [3.63, 3.8) is 0 Å². The lowest BCUT2D eigenvalue weighted by molar-refractivity contribution is 0.0939. The van der Waals surface area contributed by atoms with Gasteiger partial charge in [-0.2, -0.15) is 4.31 Å². The van der Waals surface area contributed by atoms with Gasteiger partial charge in [0.1, 0.15) is 0 Å². The molecular weight excluding hydrogens is 428 g/mol. The zero-order valence-corrected chi connectivity index (χ0v) is 20.0. The Morgan fingerprint density at radius 3 is 2.25 bits per heavy atom. The fourth-order valence-corrected chi connectivity index (χ4v) is 5.69. The molecule has 7 nitrogen and oxygen atoms in total. The summed E-state index contributed by atoms with van der Waals surface area (Å²) >= 11 is 0. The summed E-state index contributed by atoms with van der Waals surface area (Å²) in [7, 11) is -0.521. The maximum absolute atomic E-state index is 13.3. The zero-order valence-electron chi connectivity index (χ0n) is 19.2. The van der Waals surface area contributed by atoms with Gasteiger partial charge < -0.3 is 14.8 Å². The summed E-state index contributed by atoms with van der Waals surface area (Å²) in [5, 5.41) is 2.95. The minimum Gasteiger partial charge on any atom is -0.493 e. The maximum Gasteiger partial charge on any atom is 0.251 e. The van der Waals surface area contributed by atoms with Crippen molar-refractivity contribution in [2.45, 2.75) is 50.5 Å². The molecule has 0 bridgehead atoms. The van der Waals surface area contributed by atoms with E-state index in [1.54, 1.807) is 43.6 Å². The molecule has 1 aliphatic heterocycles. The lowest BCUT2D eigenvalue weighted by Gasteiger charge is -2.22. The molecule has 1 atom stereocenters. The standard InChI is InChI=1S/C24H32N2O5S/c1-17-9-10-20(16-23(17)32(28,29)26-13-7-5-6-8-14-26)24(27)25-18(2)19-11-12-21(30-3)22(15-19)31-4/h9-12,15-16,18H,5-8,13-14H2,1-4H3,(H,25,27)/t18-/m1/s1. The molecule has 1 fully saturated rings. The van der Waals surface area contributed by atoms with Crippen LogP contribution in [0.5, 0.6) is 11.5 Å². The van der Waals surface area contributed by atoms with Crippen LogP contribution in [0.15, 0.2) is 41.3 Å². The van der Waals surface area contributed by atoms with Gasteiger partial charge in [-0.05, 0) is 62.1 Å². The number of nitrogens with one attached hydrogen (secondary N) is 1. The first-order valence-electron chi connectivity index (χ1n) is 10.9. The fraction of sp³-hybridized carbons (Fsp3) is 0.458. The predicted molar refractivity (Wildman–Crippen MR) is 124 cm³/mol. The topological polar surface area (TPSA) is 84.9 Å². The summed E-state index contributed by atoms with van der Waals surface area (Å²) in [5.41, 5.74) is 1.80. The van der Waals surface area contributed by atoms with E-state index in [-0.39, 0.29) is 16.8 Å². The third-order valence-electron chi connectivity index (χ3n) is 5.89. The molecule has 8 heteroatoms. The van der Waals surface area contributed by atoms with Gasteiger partial charge in [0, 0.05) is 18.7 Å². The molecule has 1 amide bonds. The molecule has 1 saturated heterocycles. The highest BCUT2D eigenvalue weighted by molar-refractivity contribution is 7.89. The molecule has 0 aliphatic carbocycles. The molecule has 0 radical (unpaired) electrons. The molecule has 2 aromatic carbocycles. The van der Waals surface area contributed by atoms with Gasteiger partial charge >= 0.3 is 0 Å².